The molecule has 0 aliphatic rings. The van der Waals surface area contributed by atoms with E-state index in [1.807, 2.05) is 0 Å². The fourth-order valence-corrected chi connectivity index (χ4v) is 1.71. The molecule has 120 valence electrons. The number of halogens is 4. The van der Waals surface area contributed by atoms with Gasteiger partial charge in [0, 0.05) is 23.9 Å². The van der Waals surface area contributed by atoms with E-state index in [0.717, 1.165) is 12.1 Å². The summed E-state index contributed by atoms with van der Waals surface area (Å²) in [5.41, 5.74) is 0.250. The fraction of sp³-hybridized carbons (Fsp3) is 0.0625. The van der Waals surface area contributed by atoms with Crippen molar-refractivity contribution >= 4 is 11.5 Å². The van der Waals surface area contributed by atoms with Crippen molar-refractivity contribution in [3.63, 3.8) is 0 Å². The van der Waals surface area contributed by atoms with Crippen LogP contribution in [0.15, 0.2) is 54.7 Å². The molecule has 1 N–H and O–H groups in total. The molecule has 7 heteroatoms. The smallest absolute Gasteiger partial charge is 0.387 e. The van der Waals surface area contributed by atoms with Gasteiger partial charge in [-0.05, 0) is 36.4 Å². The first-order valence-electron chi connectivity index (χ1n) is 6.43. The third-order valence-electron chi connectivity index (χ3n) is 2.77. The van der Waals surface area contributed by atoms with Crippen LogP contribution < -0.4 is 10.1 Å². The molecule has 0 saturated heterocycles. The largest absolute Gasteiger partial charge is 0.435 e. The minimum atomic E-state index is -2.94. The summed E-state index contributed by atoms with van der Waals surface area (Å²) in [5.74, 6) is -1.99. The van der Waals surface area contributed by atoms with Crippen molar-refractivity contribution in [2.75, 3.05) is 5.32 Å². The number of hydrogen-bond acceptors (Lipinski definition) is 3. The van der Waals surface area contributed by atoms with E-state index in [2.05, 4.69) is 10.1 Å². The summed E-state index contributed by atoms with van der Waals surface area (Å²) in [5, 5.41) is 2.51. The average molecular weight is 325 g/mol. The van der Waals surface area contributed by atoms with Gasteiger partial charge < -0.3 is 10.1 Å². The molecule has 0 heterocycles. The summed E-state index contributed by atoms with van der Waals surface area (Å²) in [6.07, 6.45) is 2.33. The lowest BCUT2D eigenvalue weighted by molar-refractivity contribution is -0.0498. The Morgan fingerprint density at radius 3 is 2.39 bits per heavy atom. The van der Waals surface area contributed by atoms with Crippen LogP contribution in [0.1, 0.15) is 10.4 Å². The zero-order valence-corrected chi connectivity index (χ0v) is 11.6. The van der Waals surface area contributed by atoms with Crippen LogP contribution in [0.25, 0.3) is 0 Å². The van der Waals surface area contributed by atoms with Crippen LogP contribution >= 0.6 is 0 Å². The number of allylic oxidation sites excluding steroid dienone is 1. The van der Waals surface area contributed by atoms with Gasteiger partial charge in [0.15, 0.2) is 5.78 Å². The second-order valence-corrected chi connectivity index (χ2v) is 4.37. The van der Waals surface area contributed by atoms with E-state index in [-0.39, 0.29) is 17.0 Å². The lowest BCUT2D eigenvalue weighted by Crippen LogP contribution is -2.02. The highest BCUT2D eigenvalue weighted by Gasteiger charge is 2.06. The lowest BCUT2D eigenvalue weighted by Gasteiger charge is -2.04. The summed E-state index contributed by atoms with van der Waals surface area (Å²) in [6, 6.07) is 8.09. The number of alkyl halides is 2. The summed E-state index contributed by atoms with van der Waals surface area (Å²) < 4.78 is 54.3. The first kappa shape index (κ1) is 16.5. The Hall–Kier alpha value is -2.83. The number of anilines is 1. The molecule has 0 aromatic heterocycles. The van der Waals surface area contributed by atoms with Crippen molar-refractivity contribution in [2.45, 2.75) is 6.61 Å². The number of benzene rings is 2. The average Bonchev–Trinajstić information content (AvgIpc) is 2.49. The Labute approximate surface area is 129 Å². The predicted molar refractivity (Wildman–Crippen MR) is 76.5 cm³/mol. The Balaban J connectivity index is 1.98. The molecule has 0 spiro atoms. The standard InChI is InChI=1S/C16H11F4NO2/c17-11-3-6-14(13(18)9-11)21-8-7-15(22)10-1-4-12(5-2-10)23-16(19)20/h1-9,16,21H/b8-7+. The number of rotatable bonds is 6. The van der Waals surface area contributed by atoms with E-state index >= 15 is 0 Å². The number of ether oxygens (including phenoxy) is 1. The molecule has 0 aliphatic heterocycles. The number of hydrogen-bond donors (Lipinski definition) is 1. The lowest BCUT2D eigenvalue weighted by atomic mass is 10.1. The zero-order valence-electron chi connectivity index (χ0n) is 11.6. The number of carbonyl (C=O) groups is 1. The molecule has 23 heavy (non-hydrogen) atoms. The zero-order chi connectivity index (χ0) is 16.8. The first-order valence-corrected chi connectivity index (χ1v) is 6.43. The van der Waals surface area contributed by atoms with Crippen LogP contribution in [-0.4, -0.2) is 12.4 Å². The number of carbonyl (C=O) groups excluding carboxylic acids is 1. The van der Waals surface area contributed by atoms with E-state index in [4.69, 9.17) is 0 Å². The van der Waals surface area contributed by atoms with Gasteiger partial charge in [0.2, 0.25) is 0 Å². The molecule has 0 bridgehead atoms. The Bertz CT molecular complexity index is 715. The molecule has 0 amide bonds. The maximum absolute atomic E-state index is 13.3. The van der Waals surface area contributed by atoms with Crippen molar-refractivity contribution in [1.29, 1.82) is 0 Å². The second-order valence-electron chi connectivity index (χ2n) is 4.37. The molecule has 2 aromatic rings. The van der Waals surface area contributed by atoms with E-state index < -0.39 is 24.0 Å². The highest BCUT2D eigenvalue weighted by molar-refractivity contribution is 6.04. The summed E-state index contributed by atoms with van der Waals surface area (Å²) in [6.45, 7) is -2.94. The quantitative estimate of drug-likeness (QED) is 0.487. The summed E-state index contributed by atoms with van der Waals surface area (Å²) in [7, 11) is 0. The van der Waals surface area contributed by atoms with Crippen molar-refractivity contribution in [3.05, 3.63) is 71.9 Å². The van der Waals surface area contributed by atoms with Crippen LogP contribution in [0.5, 0.6) is 5.75 Å². The fourth-order valence-electron chi connectivity index (χ4n) is 1.71. The molecule has 3 nitrogen and oxygen atoms in total. The molecule has 0 atom stereocenters. The first-order chi connectivity index (χ1) is 11.0. The van der Waals surface area contributed by atoms with Crippen molar-refractivity contribution in [1.82, 2.24) is 0 Å². The van der Waals surface area contributed by atoms with Gasteiger partial charge in [-0.25, -0.2) is 8.78 Å². The molecule has 2 aromatic carbocycles. The Kier molecular flexibility index (Phi) is 5.35. The normalized spacial score (nSPS) is 11.0. The second kappa shape index (κ2) is 7.44. The summed E-state index contributed by atoms with van der Waals surface area (Å²) in [4.78, 5) is 11.8. The van der Waals surface area contributed by atoms with Gasteiger partial charge >= 0.3 is 6.61 Å². The van der Waals surface area contributed by atoms with Crippen LogP contribution in [0.4, 0.5) is 23.2 Å². The van der Waals surface area contributed by atoms with Crippen LogP contribution in [0.3, 0.4) is 0 Å². The Morgan fingerprint density at radius 2 is 1.78 bits per heavy atom. The van der Waals surface area contributed by atoms with Gasteiger partial charge in [0.1, 0.15) is 17.4 Å². The van der Waals surface area contributed by atoms with Crippen LogP contribution in [0, 0.1) is 11.6 Å². The maximum Gasteiger partial charge on any atom is 0.387 e. The van der Waals surface area contributed by atoms with Gasteiger partial charge in [-0.15, -0.1) is 0 Å². The summed E-state index contributed by atoms with van der Waals surface area (Å²) >= 11 is 0. The highest BCUT2D eigenvalue weighted by atomic mass is 19.3. The molecule has 0 unspecified atom stereocenters. The van der Waals surface area contributed by atoms with Crippen molar-refractivity contribution < 1.29 is 27.1 Å². The maximum atomic E-state index is 13.3. The predicted octanol–water partition coefficient (Wildman–Crippen LogP) is 4.37. The molecular formula is C16H11F4NO2. The van der Waals surface area contributed by atoms with E-state index in [1.54, 1.807) is 0 Å². The highest BCUT2D eigenvalue weighted by Crippen LogP contribution is 2.16. The van der Waals surface area contributed by atoms with Crippen LogP contribution in [0.2, 0.25) is 0 Å². The third-order valence-corrected chi connectivity index (χ3v) is 2.77. The molecule has 0 fully saturated rings. The van der Waals surface area contributed by atoms with Gasteiger partial charge in [0.25, 0.3) is 0 Å². The third kappa shape index (κ3) is 4.84. The van der Waals surface area contributed by atoms with Gasteiger partial charge in [-0.3, -0.25) is 4.79 Å². The van der Waals surface area contributed by atoms with Gasteiger partial charge in [-0.1, -0.05) is 0 Å². The van der Waals surface area contributed by atoms with Gasteiger partial charge in [0.05, 0.1) is 5.69 Å². The molecular weight excluding hydrogens is 314 g/mol. The van der Waals surface area contributed by atoms with E-state index in [9.17, 15) is 22.4 Å². The van der Waals surface area contributed by atoms with E-state index in [1.165, 1.54) is 36.5 Å². The topological polar surface area (TPSA) is 38.3 Å². The number of nitrogens with one attached hydrogen (secondary N) is 1. The SMILES string of the molecule is O=C(/C=C/Nc1ccc(F)cc1F)c1ccc(OC(F)F)cc1. The van der Waals surface area contributed by atoms with Crippen molar-refractivity contribution in [2.24, 2.45) is 0 Å². The minimum Gasteiger partial charge on any atom is -0.435 e. The molecule has 0 aliphatic carbocycles. The van der Waals surface area contributed by atoms with Crippen LogP contribution in [-0.2, 0) is 0 Å². The monoisotopic (exact) mass is 325 g/mol. The van der Waals surface area contributed by atoms with Crippen molar-refractivity contribution in [3.8, 4) is 5.75 Å². The molecule has 0 saturated carbocycles. The number of ketones is 1. The minimum absolute atomic E-state index is 0.0103. The molecule has 0 radical (unpaired) electrons. The van der Waals surface area contributed by atoms with Gasteiger partial charge in [-0.2, -0.15) is 8.78 Å². The Morgan fingerprint density at radius 1 is 1.09 bits per heavy atom. The molecule has 2 rings (SSSR count). The van der Waals surface area contributed by atoms with E-state index in [0.29, 0.717) is 6.07 Å².